The van der Waals surface area contributed by atoms with Crippen molar-refractivity contribution >= 4 is 0 Å². The predicted molar refractivity (Wildman–Crippen MR) is 62.8 cm³/mol. The summed E-state index contributed by atoms with van der Waals surface area (Å²) in [5.74, 6) is 0.670. The minimum absolute atomic E-state index is 0.0154. The van der Waals surface area contributed by atoms with Crippen LogP contribution in [0.25, 0.3) is 0 Å². The quantitative estimate of drug-likeness (QED) is 0.826. The Morgan fingerprint density at radius 3 is 2.22 bits per heavy atom. The van der Waals surface area contributed by atoms with Gasteiger partial charge >= 0.3 is 6.18 Å². The number of hydrogen-bond acceptors (Lipinski definition) is 2. The molecule has 2 nitrogen and oxygen atoms in total. The fourth-order valence-electron chi connectivity index (χ4n) is 2.37. The molecular weight excluding hydrogens is 243 g/mol. The highest BCUT2D eigenvalue weighted by Crippen LogP contribution is 2.34. The lowest BCUT2D eigenvalue weighted by Gasteiger charge is -2.28. The standard InChI is InChI=1S/C13H18F3NO/c14-13(15,16)9-1-5-11(6-2-9)18-12-7-3-10(17)4-8-12/h1,5,10,12H,2-4,6-8,17H2. The molecule has 2 rings (SSSR count). The molecule has 2 aliphatic rings. The van der Waals surface area contributed by atoms with E-state index in [9.17, 15) is 13.2 Å². The van der Waals surface area contributed by atoms with E-state index in [1.165, 1.54) is 6.08 Å². The second-order valence-electron chi connectivity index (χ2n) is 4.98. The van der Waals surface area contributed by atoms with Crippen LogP contribution in [0.2, 0.25) is 0 Å². The molecule has 0 heterocycles. The first-order valence-corrected chi connectivity index (χ1v) is 6.34. The Morgan fingerprint density at radius 1 is 1.06 bits per heavy atom. The van der Waals surface area contributed by atoms with Gasteiger partial charge in [-0.3, -0.25) is 0 Å². The Labute approximate surface area is 105 Å². The van der Waals surface area contributed by atoms with Crippen LogP contribution in [0.1, 0.15) is 38.5 Å². The molecule has 0 aromatic carbocycles. The van der Waals surface area contributed by atoms with E-state index < -0.39 is 11.7 Å². The van der Waals surface area contributed by atoms with Crippen LogP contribution in [0.4, 0.5) is 13.2 Å². The van der Waals surface area contributed by atoms with Gasteiger partial charge in [0.1, 0.15) is 0 Å². The zero-order chi connectivity index (χ0) is 13.2. The number of alkyl halides is 3. The molecule has 5 heteroatoms. The van der Waals surface area contributed by atoms with Crippen LogP contribution >= 0.6 is 0 Å². The van der Waals surface area contributed by atoms with Crippen molar-refractivity contribution in [3.8, 4) is 0 Å². The van der Waals surface area contributed by atoms with Crippen LogP contribution in [0.3, 0.4) is 0 Å². The fraction of sp³-hybridized carbons (Fsp3) is 0.692. The van der Waals surface area contributed by atoms with Crippen molar-refractivity contribution in [2.45, 2.75) is 56.8 Å². The van der Waals surface area contributed by atoms with E-state index in [1.54, 1.807) is 0 Å². The lowest BCUT2D eigenvalue weighted by Crippen LogP contribution is -2.30. The SMILES string of the molecule is NC1CCC(OC2=CC=C(C(F)(F)F)CC2)CC1. The lowest BCUT2D eigenvalue weighted by molar-refractivity contribution is -0.0945. The summed E-state index contributed by atoms with van der Waals surface area (Å²) >= 11 is 0. The van der Waals surface area contributed by atoms with Gasteiger partial charge < -0.3 is 10.5 Å². The molecule has 0 aromatic rings. The third-order valence-corrected chi connectivity index (χ3v) is 3.51. The van der Waals surface area contributed by atoms with Crippen molar-refractivity contribution in [3.63, 3.8) is 0 Å². The van der Waals surface area contributed by atoms with Gasteiger partial charge in [0.05, 0.1) is 11.9 Å². The Morgan fingerprint density at radius 2 is 1.72 bits per heavy atom. The van der Waals surface area contributed by atoms with Gasteiger partial charge in [-0.1, -0.05) is 6.08 Å². The molecule has 1 fully saturated rings. The van der Waals surface area contributed by atoms with Crippen LogP contribution < -0.4 is 5.73 Å². The van der Waals surface area contributed by atoms with Crippen molar-refractivity contribution in [3.05, 3.63) is 23.5 Å². The third-order valence-electron chi connectivity index (χ3n) is 3.51. The Kier molecular flexibility index (Phi) is 4.00. The first-order chi connectivity index (χ1) is 8.45. The van der Waals surface area contributed by atoms with Crippen LogP contribution in [-0.2, 0) is 4.74 Å². The summed E-state index contributed by atoms with van der Waals surface area (Å²) in [5, 5.41) is 0. The third kappa shape index (κ3) is 3.51. The van der Waals surface area contributed by atoms with Gasteiger partial charge in [0.15, 0.2) is 0 Å². The summed E-state index contributed by atoms with van der Waals surface area (Å²) in [6.07, 6.45) is 2.52. The van der Waals surface area contributed by atoms with Gasteiger partial charge in [-0.05, 0) is 38.2 Å². The maximum absolute atomic E-state index is 12.4. The largest absolute Gasteiger partial charge is 0.495 e. The summed E-state index contributed by atoms with van der Waals surface area (Å²) in [4.78, 5) is 0. The van der Waals surface area contributed by atoms with Crippen LogP contribution in [0.15, 0.2) is 23.5 Å². The van der Waals surface area contributed by atoms with E-state index in [0.29, 0.717) is 12.2 Å². The van der Waals surface area contributed by atoms with Crippen molar-refractivity contribution in [2.75, 3.05) is 0 Å². The van der Waals surface area contributed by atoms with Crippen LogP contribution in [-0.4, -0.2) is 18.3 Å². The molecule has 0 atom stereocenters. The average molecular weight is 261 g/mol. The molecule has 0 bridgehead atoms. The zero-order valence-electron chi connectivity index (χ0n) is 10.2. The van der Waals surface area contributed by atoms with E-state index in [-0.39, 0.29) is 18.6 Å². The molecule has 0 spiro atoms. The van der Waals surface area contributed by atoms with Gasteiger partial charge in [-0.2, -0.15) is 13.2 Å². The summed E-state index contributed by atoms with van der Waals surface area (Å²) in [6, 6.07) is 0.252. The summed E-state index contributed by atoms with van der Waals surface area (Å²) in [6.45, 7) is 0. The molecule has 0 unspecified atom stereocenters. The maximum atomic E-state index is 12.4. The second kappa shape index (κ2) is 5.34. The summed E-state index contributed by atoms with van der Waals surface area (Å²) in [7, 11) is 0. The molecule has 0 aromatic heterocycles. The highest BCUT2D eigenvalue weighted by atomic mass is 19.4. The molecule has 0 saturated heterocycles. The molecule has 0 aliphatic heterocycles. The highest BCUT2D eigenvalue weighted by Gasteiger charge is 2.34. The van der Waals surface area contributed by atoms with Crippen molar-refractivity contribution in [2.24, 2.45) is 5.73 Å². The molecule has 102 valence electrons. The van der Waals surface area contributed by atoms with Crippen molar-refractivity contribution in [1.82, 2.24) is 0 Å². The fourth-order valence-corrected chi connectivity index (χ4v) is 2.37. The molecule has 0 amide bonds. The van der Waals surface area contributed by atoms with E-state index >= 15 is 0 Å². The Hall–Kier alpha value is -0.970. The number of hydrogen-bond donors (Lipinski definition) is 1. The topological polar surface area (TPSA) is 35.2 Å². The Bertz CT molecular complexity index is 352. The molecule has 18 heavy (non-hydrogen) atoms. The number of allylic oxidation sites excluding steroid dienone is 4. The van der Waals surface area contributed by atoms with Crippen molar-refractivity contribution in [1.29, 1.82) is 0 Å². The monoisotopic (exact) mass is 261 g/mol. The van der Waals surface area contributed by atoms with Gasteiger partial charge in [0.2, 0.25) is 0 Å². The van der Waals surface area contributed by atoms with E-state index in [4.69, 9.17) is 10.5 Å². The van der Waals surface area contributed by atoms with E-state index in [0.717, 1.165) is 31.8 Å². The van der Waals surface area contributed by atoms with E-state index in [1.807, 2.05) is 0 Å². The second-order valence-corrected chi connectivity index (χ2v) is 4.98. The minimum Gasteiger partial charge on any atom is -0.495 e. The summed E-state index contributed by atoms with van der Waals surface area (Å²) < 4.78 is 43.0. The van der Waals surface area contributed by atoms with E-state index in [2.05, 4.69) is 0 Å². The number of nitrogens with two attached hydrogens (primary N) is 1. The lowest BCUT2D eigenvalue weighted by atomic mass is 9.93. The molecule has 2 aliphatic carbocycles. The molecule has 1 saturated carbocycles. The molecule has 2 N–H and O–H groups in total. The summed E-state index contributed by atoms with van der Waals surface area (Å²) in [5.41, 5.74) is 5.32. The highest BCUT2D eigenvalue weighted by molar-refractivity contribution is 5.24. The van der Waals surface area contributed by atoms with Gasteiger partial charge in [0, 0.05) is 18.0 Å². The first-order valence-electron chi connectivity index (χ1n) is 6.34. The van der Waals surface area contributed by atoms with Crippen LogP contribution in [0, 0.1) is 0 Å². The molecule has 0 radical (unpaired) electrons. The van der Waals surface area contributed by atoms with Gasteiger partial charge in [0.25, 0.3) is 0 Å². The minimum atomic E-state index is -4.21. The van der Waals surface area contributed by atoms with Gasteiger partial charge in [-0.25, -0.2) is 0 Å². The number of rotatable bonds is 2. The first kappa shape index (κ1) is 13.5. The molecular formula is C13H18F3NO. The zero-order valence-corrected chi connectivity index (χ0v) is 10.2. The van der Waals surface area contributed by atoms with Gasteiger partial charge in [-0.15, -0.1) is 0 Å². The normalized spacial score (nSPS) is 29.6. The smallest absolute Gasteiger partial charge is 0.412 e. The van der Waals surface area contributed by atoms with Crippen LogP contribution in [0.5, 0.6) is 0 Å². The Balaban J connectivity index is 1.88. The maximum Gasteiger partial charge on any atom is 0.412 e. The van der Waals surface area contributed by atoms with Crippen molar-refractivity contribution < 1.29 is 17.9 Å². The number of halogens is 3. The average Bonchev–Trinajstić information content (AvgIpc) is 2.32. The predicted octanol–water partition coefficient (Wildman–Crippen LogP) is 3.44. The number of ether oxygens (including phenoxy) is 1.